The van der Waals surface area contributed by atoms with Gasteiger partial charge in [-0.1, -0.05) is 6.42 Å². The van der Waals surface area contributed by atoms with E-state index in [2.05, 4.69) is 21.5 Å². The maximum absolute atomic E-state index is 5.61. The van der Waals surface area contributed by atoms with E-state index in [0.717, 1.165) is 12.4 Å². The van der Waals surface area contributed by atoms with Crippen LogP contribution >= 0.6 is 11.8 Å². The summed E-state index contributed by atoms with van der Waals surface area (Å²) in [6.07, 6.45) is 6.01. The van der Waals surface area contributed by atoms with Gasteiger partial charge < -0.3 is 15.8 Å². The molecule has 6 heteroatoms. The topological polar surface area (TPSA) is 73.1 Å². The largest absolute Gasteiger partial charge is 0.481 e. The molecular weight excluding hydrogens is 236 g/mol. The summed E-state index contributed by atoms with van der Waals surface area (Å²) in [5, 5.41) is 3.32. The summed E-state index contributed by atoms with van der Waals surface area (Å²) in [6, 6.07) is 1.77. The standard InChI is InChI=1S/C11H18N4OS/c1-16-9-6-8(14-10(12)15-9)13-7-11(17-2)4-3-5-11/h6H,3-5,7H2,1-2H3,(H3,12,13,14,15). The van der Waals surface area contributed by atoms with Gasteiger partial charge in [-0.2, -0.15) is 21.7 Å². The quantitative estimate of drug-likeness (QED) is 0.834. The van der Waals surface area contributed by atoms with Crippen LogP contribution in [0.25, 0.3) is 0 Å². The third-order valence-corrected chi connectivity index (χ3v) is 4.64. The van der Waals surface area contributed by atoms with E-state index in [0.29, 0.717) is 10.6 Å². The summed E-state index contributed by atoms with van der Waals surface area (Å²) in [7, 11) is 1.57. The second kappa shape index (κ2) is 5.00. The highest BCUT2D eigenvalue weighted by molar-refractivity contribution is 8.00. The average Bonchev–Trinajstić information content (AvgIpc) is 2.27. The summed E-state index contributed by atoms with van der Waals surface area (Å²) in [5.74, 6) is 1.46. The lowest BCUT2D eigenvalue weighted by molar-refractivity contribution is 0.379. The number of anilines is 2. The molecule has 1 saturated carbocycles. The molecule has 1 aliphatic rings. The van der Waals surface area contributed by atoms with E-state index >= 15 is 0 Å². The molecule has 0 amide bonds. The maximum atomic E-state index is 5.61. The number of hydrogen-bond acceptors (Lipinski definition) is 6. The van der Waals surface area contributed by atoms with Crippen molar-refractivity contribution in [2.75, 3.05) is 31.0 Å². The predicted molar refractivity (Wildman–Crippen MR) is 71.6 cm³/mol. The Bertz CT molecular complexity index is 390. The first kappa shape index (κ1) is 12.3. The molecule has 5 nitrogen and oxygen atoms in total. The number of aromatic nitrogens is 2. The predicted octanol–water partition coefficient (Wildman–Crippen LogP) is 1.76. The van der Waals surface area contributed by atoms with Crippen LogP contribution in [0.3, 0.4) is 0 Å². The monoisotopic (exact) mass is 254 g/mol. The van der Waals surface area contributed by atoms with Gasteiger partial charge in [0, 0.05) is 17.4 Å². The van der Waals surface area contributed by atoms with Crippen molar-refractivity contribution < 1.29 is 4.74 Å². The van der Waals surface area contributed by atoms with Gasteiger partial charge in [-0.3, -0.25) is 0 Å². The highest BCUT2D eigenvalue weighted by atomic mass is 32.2. The molecule has 1 heterocycles. The van der Waals surface area contributed by atoms with Gasteiger partial charge in [0.1, 0.15) is 5.82 Å². The van der Waals surface area contributed by atoms with Crippen LogP contribution in [0.2, 0.25) is 0 Å². The van der Waals surface area contributed by atoms with Crippen molar-refractivity contribution in [3.8, 4) is 5.88 Å². The molecule has 0 bridgehead atoms. The normalized spacial score (nSPS) is 17.3. The zero-order valence-electron chi connectivity index (χ0n) is 10.2. The lowest BCUT2D eigenvalue weighted by atomic mass is 9.84. The number of ether oxygens (including phenoxy) is 1. The molecule has 0 aliphatic heterocycles. The molecule has 3 N–H and O–H groups in total. The van der Waals surface area contributed by atoms with Gasteiger partial charge in [-0.25, -0.2) is 0 Å². The first-order valence-corrected chi connectivity index (χ1v) is 6.87. The van der Waals surface area contributed by atoms with Crippen molar-refractivity contribution >= 4 is 23.5 Å². The number of nitrogens with two attached hydrogens (primary N) is 1. The molecule has 0 saturated heterocycles. The summed E-state index contributed by atoms with van der Waals surface area (Å²) in [4.78, 5) is 8.09. The smallest absolute Gasteiger partial charge is 0.225 e. The Hall–Kier alpha value is -1.17. The number of nitrogen functional groups attached to an aromatic ring is 1. The fourth-order valence-corrected chi connectivity index (χ4v) is 2.83. The fraction of sp³-hybridized carbons (Fsp3) is 0.636. The van der Waals surface area contributed by atoms with Crippen LogP contribution in [0.1, 0.15) is 19.3 Å². The van der Waals surface area contributed by atoms with Crippen LogP contribution in [-0.4, -0.2) is 34.6 Å². The van der Waals surface area contributed by atoms with Crippen molar-refractivity contribution in [1.29, 1.82) is 0 Å². The van der Waals surface area contributed by atoms with E-state index in [-0.39, 0.29) is 5.95 Å². The third-order valence-electron chi connectivity index (χ3n) is 3.22. The molecular formula is C11H18N4OS. The van der Waals surface area contributed by atoms with Crippen LogP contribution < -0.4 is 15.8 Å². The molecule has 1 aromatic rings. The van der Waals surface area contributed by atoms with E-state index in [1.165, 1.54) is 19.3 Å². The van der Waals surface area contributed by atoms with Crippen molar-refractivity contribution in [1.82, 2.24) is 9.97 Å². The molecule has 1 aliphatic carbocycles. The molecule has 17 heavy (non-hydrogen) atoms. The van der Waals surface area contributed by atoms with Crippen molar-refractivity contribution in [3.63, 3.8) is 0 Å². The Morgan fingerprint density at radius 2 is 2.29 bits per heavy atom. The Morgan fingerprint density at radius 3 is 2.82 bits per heavy atom. The summed E-state index contributed by atoms with van der Waals surface area (Å²) in [6.45, 7) is 0.910. The van der Waals surface area contributed by atoms with Gasteiger partial charge in [0.15, 0.2) is 0 Å². The number of nitrogens with zero attached hydrogens (tertiary/aromatic N) is 2. The molecule has 1 aromatic heterocycles. The van der Waals surface area contributed by atoms with Crippen LogP contribution in [0.5, 0.6) is 5.88 Å². The van der Waals surface area contributed by atoms with E-state index in [4.69, 9.17) is 10.5 Å². The molecule has 0 spiro atoms. The van der Waals surface area contributed by atoms with E-state index < -0.39 is 0 Å². The Balaban J connectivity index is 2.01. The van der Waals surface area contributed by atoms with E-state index in [9.17, 15) is 0 Å². The van der Waals surface area contributed by atoms with Crippen LogP contribution in [0, 0.1) is 0 Å². The Labute approximate surface area is 106 Å². The minimum Gasteiger partial charge on any atom is -0.481 e. The minimum absolute atomic E-state index is 0.235. The Morgan fingerprint density at radius 1 is 1.53 bits per heavy atom. The van der Waals surface area contributed by atoms with Gasteiger partial charge in [-0.05, 0) is 19.1 Å². The van der Waals surface area contributed by atoms with Gasteiger partial charge in [0.05, 0.1) is 7.11 Å². The summed E-state index contributed by atoms with van der Waals surface area (Å²) in [5.41, 5.74) is 5.61. The van der Waals surface area contributed by atoms with Gasteiger partial charge >= 0.3 is 0 Å². The maximum Gasteiger partial charge on any atom is 0.225 e. The van der Waals surface area contributed by atoms with Crippen molar-refractivity contribution in [3.05, 3.63) is 6.07 Å². The average molecular weight is 254 g/mol. The van der Waals surface area contributed by atoms with Crippen LogP contribution in [0.4, 0.5) is 11.8 Å². The second-order valence-corrected chi connectivity index (χ2v) is 5.52. The zero-order valence-corrected chi connectivity index (χ0v) is 11.0. The first-order chi connectivity index (χ1) is 8.17. The first-order valence-electron chi connectivity index (χ1n) is 5.65. The van der Waals surface area contributed by atoms with E-state index in [1.807, 2.05) is 11.8 Å². The summed E-state index contributed by atoms with van der Waals surface area (Å²) < 4.78 is 5.43. The molecule has 0 aromatic carbocycles. The Kier molecular flexibility index (Phi) is 3.61. The molecule has 0 unspecified atom stereocenters. The molecule has 2 rings (SSSR count). The fourth-order valence-electron chi connectivity index (χ4n) is 1.91. The van der Waals surface area contributed by atoms with Gasteiger partial charge in [0.25, 0.3) is 0 Å². The highest BCUT2D eigenvalue weighted by Crippen LogP contribution is 2.42. The molecule has 94 valence electrons. The highest BCUT2D eigenvalue weighted by Gasteiger charge is 2.35. The van der Waals surface area contributed by atoms with Crippen molar-refractivity contribution in [2.24, 2.45) is 0 Å². The molecule has 0 atom stereocenters. The molecule has 0 radical (unpaired) electrons. The van der Waals surface area contributed by atoms with Crippen LogP contribution in [0.15, 0.2) is 6.07 Å². The van der Waals surface area contributed by atoms with E-state index in [1.54, 1.807) is 13.2 Å². The molecule has 1 fully saturated rings. The lowest BCUT2D eigenvalue weighted by Crippen LogP contribution is -2.40. The third kappa shape index (κ3) is 2.74. The van der Waals surface area contributed by atoms with Crippen molar-refractivity contribution in [2.45, 2.75) is 24.0 Å². The van der Waals surface area contributed by atoms with Gasteiger partial charge in [0.2, 0.25) is 11.8 Å². The number of hydrogen-bond donors (Lipinski definition) is 2. The number of methoxy groups -OCH3 is 1. The number of rotatable bonds is 5. The minimum atomic E-state index is 0.235. The van der Waals surface area contributed by atoms with Crippen LogP contribution in [-0.2, 0) is 0 Å². The number of nitrogens with one attached hydrogen (secondary N) is 1. The number of thioether (sulfide) groups is 1. The zero-order chi connectivity index (χ0) is 12.3. The second-order valence-electron chi connectivity index (χ2n) is 4.25. The van der Waals surface area contributed by atoms with Gasteiger partial charge in [-0.15, -0.1) is 0 Å². The summed E-state index contributed by atoms with van der Waals surface area (Å²) >= 11 is 1.92. The lowest BCUT2D eigenvalue weighted by Gasteiger charge is -2.40. The SMILES string of the molecule is COc1cc(NCC2(SC)CCC2)nc(N)n1.